The van der Waals surface area contributed by atoms with Crippen molar-refractivity contribution in [3.05, 3.63) is 17.7 Å². The summed E-state index contributed by atoms with van der Waals surface area (Å²) in [6, 6.07) is 3.90. The molecule has 22 heavy (non-hydrogen) atoms. The predicted molar refractivity (Wildman–Crippen MR) is 79.2 cm³/mol. The number of ether oxygens (including phenoxy) is 3. The molecule has 1 amide bonds. The van der Waals surface area contributed by atoms with Crippen LogP contribution in [0.2, 0.25) is 0 Å². The Labute approximate surface area is 129 Å². The van der Waals surface area contributed by atoms with Crippen LogP contribution >= 0.6 is 0 Å². The van der Waals surface area contributed by atoms with Crippen molar-refractivity contribution in [2.45, 2.75) is 31.5 Å². The van der Waals surface area contributed by atoms with Crippen molar-refractivity contribution < 1.29 is 19.0 Å². The van der Waals surface area contributed by atoms with Gasteiger partial charge in [0.25, 0.3) is 0 Å². The number of nitrogens with one attached hydrogen (secondary N) is 1. The first kappa shape index (κ1) is 13.7. The van der Waals surface area contributed by atoms with Gasteiger partial charge in [0, 0.05) is 6.54 Å². The number of rotatable bonds is 2. The molecule has 1 N–H and O–H groups in total. The molecule has 6 nitrogen and oxygen atoms in total. The number of piperidine rings is 1. The van der Waals surface area contributed by atoms with E-state index < -0.39 is 0 Å². The Bertz CT molecular complexity index is 587. The lowest BCUT2D eigenvalue weighted by molar-refractivity contribution is -0.122. The number of hydrogen-bond donors (Lipinski definition) is 1. The molecule has 4 rings (SSSR count). The first-order valence-corrected chi connectivity index (χ1v) is 7.81. The van der Waals surface area contributed by atoms with E-state index in [9.17, 15) is 4.79 Å². The summed E-state index contributed by atoms with van der Waals surface area (Å²) in [6.07, 6.45) is 3.07. The lowest BCUT2D eigenvalue weighted by Crippen LogP contribution is -2.38. The Morgan fingerprint density at radius 2 is 2.14 bits per heavy atom. The molecule has 2 atom stereocenters. The van der Waals surface area contributed by atoms with Crippen molar-refractivity contribution in [1.29, 1.82) is 0 Å². The second kappa shape index (κ2) is 5.35. The molecule has 3 heterocycles. The predicted octanol–water partition coefficient (Wildman–Crippen LogP) is 1.45. The number of carbonyl (C=O) groups is 1. The molecule has 3 aliphatic heterocycles. The summed E-state index contributed by atoms with van der Waals surface area (Å²) >= 11 is 0. The number of benzene rings is 1. The van der Waals surface area contributed by atoms with Crippen LogP contribution < -0.4 is 19.5 Å². The van der Waals surface area contributed by atoms with Gasteiger partial charge in [0.2, 0.25) is 11.7 Å². The summed E-state index contributed by atoms with van der Waals surface area (Å²) in [6.45, 7) is 1.99. The van der Waals surface area contributed by atoms with Crippen LogP contribution in [0.15, 0.2) is 12.1 Å². The molecule has 0 saturated carbocycles. The molecule has 6 heteroatoms. The van der Waals surface area contributed by atoms with Crippen LogP contribution in [0.1, 0.15) is 31.0 Å². The zero-order chi connectivity index (χ0) is 15.1. The molecule has 2 unspecified atom stereocenters. The molecule has 0 aromatic heterocycles. The standard InChI is InChI=1S/C16H20N2O4/c1-20-12-8-10(9-13-14(12)22-7-6-21-13)15-17-16(19)11-4-2-3-5-18(11)15/h8-9,11,15H,2-7H2,1H3,(H,17,19). The largest absolute Gasteiger partial charge is 0.493 e. The number of hydrogen-bond acceptors (Lipinski definition) is 5. The Kier molecular flexibility index (Phi) is 3.33. The lowest BCUT2D eigenvalue weighted by Gasteiger charge is -2.32. The zero-order valence-electron chi connectivity index (χ0n) is 12.6. The van der Waals surface area contributed by atoms with Crippen LogP contribution in [-0.2, 0) is 4.79 Å². The van der Waals surface area contributed by atoms with E-state index in [-0.39, 0.29) is 18.1 Å². The fraction of sp³-hybridized carbons (Fsp3) is 0.562. The highest BCUT2D eigenvalue weighted by atomic mass is 16.6. The molecule has 2 fully saturated rings. The van der Waals surface area contributed by atoms with Gasteiger partial charge in [-0.25, -0.2) is 0 Å². The minimum Gasteiger partial charge on any atom is -0.493 e. The van der Waals surface area contributed by atoms with Gasteiger partial charge < -0.3 is 19.5 Å². The van der Waals surface area contributed by atoms with Crippen LogP contribution in [0.3, 0.4) is 0 Å². The number of carbonyl (C=O) groups excluding carboxylic acids is 1. The quantitative estimate of drug-likeness (QED) is 0.896. The fourth-order valence-electron chi connectivity index (χ4n) is 3.58. The minimum atomic E-state index is -0.109. The third kappa shape index (κ3) is 2.09. The van der Waals surface area contributed by atoms with Crippen LogP contribution in [0, 0.1) is 0 Å². The SMILES string of the molecule is COc1cc(C2NC(=O)C3CCCCN32)cc2c1OCCO2. The number of amides is 1. The Hall–Kier alpha value is -1.95. The molecule has 2 saturated heterocycles. The van der Waals surface area contributed by atoms with Gasteiger partial charge in [0.15, 0.2) is 11.5 Å². The highest BCUT2D eigenvalue weighted by Crippen LogP contribution is 2.43. The second-order valence-electron chi connectivity index (χ2n) is 5.91. The van der Waals surface area contributed by atoms with Gasteiger partial charge in [-0.15, -0.1) is 0 Å². The molecule has 0 aliphatic carbocycles. The summed E-state index contributed by atoms with van der Waals surface area (Å²) in [5.41, 5.74) is 0.985. The number of fused-ring (bicyclic) bond motifs is 2. The highest BCUT2D eigenvalue weighted by molar-refractivity contribution is 5.84. The van der Waals surface area contributed by atoms with E-state index in [0.717, 1.165) is 31.4 Å². The summed E-state index contributed by atoms with van der Waals surface area (Å²) in [5, 5.41) is 3.11. The van der Waals surface area contributed by atoms with Crippen molar-refractivity contribution in [3.63, 3.8) is 0 Å². The molecule has 1 aromatic rings. The van der Waals surface area contributed by atoms with Crippen molar-refractivity contribution in [2.75, 3.05) is 26.9 Å². The van der Waals surface area contributed by atoms with Crippen LogP contribution in [-0.4, -0.2) is 43.7 Å². The van der Waals surface area contributed by atoms with Gasteiger partial charge in [-0.2, -0.15) is 0 Å². The van der Waals surface area contributed by atoms with Crippen molar-refractivity contribution in [2.24, 2.45) is 0 Å². The average Bonchev–Trinajstić information content (AvgIpc) is 2.91. The summed E-state index contributed by atoms with van der Waals surface area (Å²) < 4.78 is 16.8. The van der Waals surface area contributed by atoms with Crippen LogP contribution in [0.5, 0.6) is 17.2 Å². The number of methoxy groups -OCH3 is 1. The average molecular weight is 304 g/mol. The molecule has 118 valence electrons. The maximum absolute atomic E-state index is 12.2. The lowest BCUT2D eigenvalue weighted by atomic mass is 10.0. The maximum atomic E-state index is 12.2. The van der Waals surface area contributed by atoms with Gasteiger partial charge >= 0.3 is 0 Å². The zero-order valence-corrected chi connectivity index (χ0v) is 12.6. The van der Waals surface area contributed by atoms with Crippen LogP contribution in [0.25, 0.3) is 0 Å². The summed E-state index contributed by atoms with van der Waals surface area (Å²) in [7, 11) is 1.62. The first-order valence-electron chi connectivity index (χ1n) is 7.81. The molecule has 0 radical (unpaired) electrons. The molecule has 0 spiro atoms. The van der Waals surface area contributed by atoms with E-state index in [2.05, 4.69) is 10.2 Å². The van der Waals surface area contributed by atoms with E-state index in [0.29, 0.717) is 30.5 Å². The second-order valence-corrected chi connectivity index (χ2v) is 5.91. The van der Waals surface area contributed by atoms with E-state index in [1.807, 2.05) is 12.1 Å². The normalized spacial score (nSPS) is 27.2. The van der Waals surface area contributed by atoms with Crippen LogP contribution in [0.4, 0.5) is 0 Å². The van der Waals surface area contributed by atoms with Gasteiger partial charge in [-0.05, 0) is 30.5 Å². The van der Waals surface area contributed by atoms with Gasteiger partial charge in [0.1, 0.15) is 19.4 Å². The molecular formula is C16H20N2O4. The van der Waals surface area contributed by atoms with Gasteiger partial charge in [-0.1, -0.05) is 6.42 Å². The minimum absolute atomic E-state index is 0.00190. The van der Waals surface area contributed by atoms with Gasteiger partial charge in [-0.3, -0.25) is 9.69 Å². The summed E-state index contributed by atoms with van der Waals surface area (Å²) in [5.74, 6) is 2.12. The third-order valence-electron chi connectivity index (χ3n) is 4.62. The Morgan fingerprint density at radius 3 is 3.00 bits per heavy atom. The Morgan fingerprint density at radius 1 is 1.27 bits per heavy atom. The van der Waals surface area contributed by atoms with E-state index in [4.69, 9.17) is 14.2 Å². The molecule has 0 bridgehead atoms. The Balaban J connectivity index is 1.71. The number of nitrogens with zero attached hydrogens (tertiary/aromatic N) is 1. The van der Waals surface area contributed by atoms with E-state index in [1.165, 1.54) is 0 Å². The topological polar surface area (TPSA) is 60.0 Å². The van der Waals surface area contributed by atoms with Crippen molar-refractivity contribution >= 4 is 5.91 Å². The van der Waals surface area contributed by atoms with E-state index >= 15 is 0 Å². The molecular weight excluding hydrogens is 284 g/mol. The first-order chi connectivity index (χ1) is 10.8. The van der Waals surface area contributed by atoms with Crippen molar-refractivity contribution in [1.82, 2.24) is 10.2 Å². The third-order valence-corrected chi connectivity index (χ3v) is 4.62. The smallest absolute Gasteiger partial charge is 0.238 e. The summed E-state index contributed by atoms with van der Waals surface area (Å²) in [4.78, 5) is 14.4. The van der Waals surface area contributed by atoms with E-state index in [1.54, 1.807) is 7.11 Å². The monoisotopic (exact) mass is 304 g/mol. The van der Waals surface area contributed by atoms with Gasteiger partial charge in [0.05, 0.1) is 13.2 Å². The maximum Gasteiger partial charge on any atom is 0.238 e. The fourth-order valence-corrected chi connectivity index (χ4v) is 3.58. The molecule has 1 aromatic carbocycles. The molecule has 3 aliphatic rings. The highest BCUT2D eigenvalue weighted by Gasteiger charge is 2.42. The van der Waals surface area contributed by atoms with Crippen molar-refractivity contribution in [3.8, 4) is 17.2 Å².